The first-order valence-electron chi connectivity index (χ1n) is 6.71. The third-order valence-corrected chi connectivity index (χ3v) is 3.43. The average Bonchev–Trinajstić information content (AvgIpc) is 2.99. The molecule has 1 heterocycles. The molecule has 0 saturated carbocycles. The van der Waals surface area contributed by atoms with Gasteiger partial charge in [0.1, 0.15) is 17.1 Å². The number of methoxy groups -OCH3 is 2. The van der Waals surface area contributed by atoms with E-state index >= 15 is 0 Å². The lowest BCUT2D eigenvalue weighted by atomic mass is 10.1. The van der Waals surface area contributed by atoms with Crippen molar-refractivity contribution in [1.82, 2.24) is 0 Å². The Morgan fingerprint density at radius 1 is 1.09 bits per heavy atom. The first-order valence-corrected chi connectivity index (χ1v) is 7.08. The Morgan fingerprint density at radius 3 is 2.30 bits per heavy atom. The second-order valence-corrected chi connectivity index (χ2v) is 5.13. The van der Waals surface area contributed by atoms with Crippen molar-refractivity contribution in [3.8, 4) is 11.3 Å². The molecule has 5 nitrogen and oxygen atoms in total. The number of ether oxygens (including phenoxy) is 2. The summed E-state index contributed by atoms with van der Waals surface area (Å²) in [4.78, 5) is 23.3. The number of furan rings is 1. The van der Waals surface area contributed by atoms with Crippen LogP contribution in [0.1, 0.15) is 11.3 Å². The largest absolute Gasteiger partial charge is 0.465 e. The van der Waals surface area contributed by atoms with Gasteiger partial charge in [-0.3, -0.25) is 0 Å². The van der Waals surface area contributed by atoms with E-state index in [0.29, 0.717) is 16.5 Å². The molecule has 1 aromatic carbocycles. The van der Waals surface area contributed by atoms with Crippen molar-refractivity contribution in [2.45, 2.75) is 6.92 Å². The van der Waals surface area contributed by atoms with Crippen molar-refractivity contribution in [3.63, 3.8) is 0 Å². The van der Waals surface area contributed by atoms with Gasteiger partial charge in [-0.05, 0) is 36.8 Å². The van der Waals surface area contributed by atoms with Crippen LogP contribution in [0.25, 0.3) is 17.4 Å². The average molecular weight is 335 g/mol. The molecule has 23 heavy (non-hydrogen) atoms. The highest BCUT2D eigenvalue weighted by atomic mass is 35.5. The van der Waals surface area contributed by atoms with Crippen LogP contribution in [0.3, 0.4) is 0 Å². The van der Waals surface area contributed by atoms with E-state index in [1.54, 1.807) is 12.1 Å². The molecular formula is C17H15ClO5. The van der Waals surface area contributed by atoms with Crippen molar-refractivity contribution < 1.29 is 23.5 Å². The fourth-order valence-corrected chi connectivity index (χ4v) is 2.29. The zero-order valence-corrected chi connectivity index (χ0v) is 13.6. The SMILES string of the molecule is COC(=O)C(=Cc1ccc(-c2ccc(C)cc2Cl)o1)C(=O)OC. The Balaban J connectivity index is 2.39. The summed E-state index contributed by atoms with van der Waals surface area (Å²) in [6, 6.07) is 8.90. The summed E-state index contributed by atoms with van der Waals surface area (Å²) in [6.45, 7) is 1.94. The summed E-state index contributed by atoms with van der Waals surface area (Å²) in [7, 11) is 2.36. The lowest BCUT2D eigenvalue weighted by molar-refractivity contribution is -0.143. The highest BCUT2D eigenvalue weighted by molar-refractivity contribution is 6.33. The van der Waals surface area contributed by atoms with E-state index in [1.165, 1.54) is 20.3 Å². The van der Waals surface area contributed by atoms with Crippen LogP contribution in [-0.2, 0) is 19.1 Å². The van der Waals surface area contributed by atoms with Crippen LogP contribution in [0.5, 0.6) is 0 Å². The Hall–Kier alpha value is -2.53. The van der Waals surface area contributed by atoms with E-state index < -0.39 is 11.9 Å². The van der Waals surface area contributed by atoms with Crippen LogP contribution in [0.4, 0.5) is 0 Å². The van der Waals surface area contributed by atoms with Crippen molar-refractivity contribution in [2.75, 3.05) is 14.2 Å². The van der Waals surface area contributed by atoms with Gasteiger partial charge in [0.2, 0.25) is 0 Å². The lowest BCUT2D eigenvalue weighted by Crippen LogP contribution is -2.15. The summed E-state index contributed by atoms with van der Waals surface area (Å²) in [5, 5.41) is 0.552. The van der Waals surface area contributed by atoms with E-state index in [9.17, 15) is 9.59 Å². The molecule has 0 aliphatic carbocycles. The maximum absolute atomic E-state index is 11.6. The fraction of sp³-hybridized carbons (Fsp3) is 0.176. The molecule has 120 valence electrons. The van der Waals surface area contributed by atoms with Crippen molar-refractivity contribution in [1.29, 1.82) is 0 Å². The molecule has 0 aliphatic rings. The number of esters is 2. The normalized spacial score (nSPS) is 10.1. The Labute approximate surface area is 138 Å². The molecule has 0 aliphatic heterocycles. The minimum absolute atomic E-state index is 0.258. The second-order valence-electron chi connectivity index (χ2n) is 4.73. The summed E-state index contributed by atoms with van der Waals surface area (Å²) in [5.74, 6) is -0.774. The van der Waals surface area contributed by atoms with Crippen LogP contribution in [-0.4, -0.2) is 26.2 Å². The van der Waals surface area contributed by atoms with Crippen molar-refractivity contribution in [3.05, 3.63) is 52.3 Å². The molecule has 1 aromatic heterocycles. The molecule has 0 spiro atoms. The number of benzene rings is 1. The predicted octanol–water partition coefficient (Wildman–Crippen LogP) is 3.64. The van der Waals surface area contributed by atoms with Gasteiger partial charge in [0.05, 0.1) is 19.2 Å². The number of aryl methyl sites for hydroxylation is 1. The zero-order valence-electron chi connectivity index (χ0n) is 12.9. The van der Waals surface area contributed by atoms with E-state index in [1.807, 2.05) is 25.1 Å². The molecule has 0 bridgehead atoms. The minimum Gasteiger partial charge on any atom is -0.465 e. The number of hydrogen-bond donors (Lipinski definition) is 0. The highest BCUT2D eigenvalue weighted by Crippen LogP contribution is 2.30. The molecule has 2 rings (SSSR count). The van der Waals surface area contributed by atoms with Crippen molar-refractivity contribution >= 4 is 29.6 Å². The van der Waals surface area contributed by atoms with Crippen LogP contribution in [0, 0.1) is 6.92 Å². The quantitative estimate of drug-likeness (QED) is 0.369. The molecule has 6 heteroatoms. The third-order valence-electron chi connectivity index (χ3n) is 3.11. The van der Waals surface area contributed by atoms with Gasteiger partial charge in [0, 0.05) is 11.6 Å². The summed E-state index contributed by atoms with van der Waals surface area (Å²) < 4.78 is 14.8. The molecule has 0 fully saturated rings. The Kier molecular flexibility index (Phi) is 5.24. The van der Waals surface area contributed by atoms with Gasteiger partial charge in [0.15, 0.2) is 0 Å². The fourth-order valence-electron chi connectivity index (χ4n) is 1.96. The Morgan fingerprint density at radius 2 is 1.74 bits per heavy atom. The molecule has 0 unspecified atom stereocenters. The first kappa shape index (κ1) is 16.8. The summed E-state index contributed by atoms with van der Waals surface area (Å²) >= 11 is 6.20. The van der Waals surface area contributed by atoms with Gasteiger partial charge in [-0.25, -0.2) is 9.59 Å². The van der Waals surface area contributed by atoms with Gasteiger partial charge in [0.25, 0.3) is 0 Å². The number of hydrogen-bond acceptors (Lipinski definition) is 5. The molecule has 0 saturated heterocycles. The summed E-state index contributed by atoms with van der Waals surface area (Å²) in [5.41, 5.74) is 1.49. The van der Waals surface area contributed by atoms with Gasteiger partial charge >= 0.3 is 11.9 Å². The molecule has 0 amide bonds. The number of carbonyl (C=O) groups is 2. The second kappa shape index (κ2) is 7.15. The number of carbonyl (C=O) groups excluding carboxylic acids is 2. The topological polar surface area (TPSA) is 65.7 Å². The molecule has 0 atom stereocenters. The maximum atomic E-state index is 11.6. The van der Waals surface area contributed by atoms with Crippen LogP contribution in [0.15, 0.2) is 40.3 Å². The van der Waals surface area contributed by atoms with E-state index in [2.05, 4.69) is 9.47 Å². The molecule has 0 N–H and O–H groups in total. The molecule has 2 aromatic rings. The molecular weight excluding hydrogens is 320 g/mol. The minimum atomic E-state index is -0.803. The van der Waals surface area contributed by atoms with Crippen LogP contribution >= 0.6 is 11.6 Å². The van der Waals surface area contributed by atoms with E-state index in [0.717, 1.165) is 11.1 Å². The van der Waals surface area contributed by atoms with E-state index in [4.69, 9.17) is 16.0 Å². The van der Waals surface area contributed by atoms with Crippen LogP contribution in [0.2, 0.25) is 5.02 Å². The highest BCUT2D eigenvalue weighted by Gasteiger charge is 2.20. The monoisotopic (exact) mass is 334 g/mol. The number of halogens is 1. The first-order chi connectivity index (χ1) is 11.0. The Bertz CT molecular complexity index is 755. The zero-order chi connectivity index (χ0) is 17.0. The van der Waals surface area contributed by atoms with Crippen molar-refractivity contribution in [2.24, 2.45) is 0 Å². The third kappa shape index (κ3) is 3.81. The summed E-state index contributed by atoms with van der Waals surface area (Å²) in [6.07, 6.45) is 1.27. The lowest BCUT2D eigenvalue weighted by Gasteiger charge is -2.03. The van der Waals surface area contributed by atoms with Crippen LogP contribution < -0.4 is 0 Å². The smallest absolute Gasteiger partial charge is 0.345 e. The molecule has 0 radical (unpaired) electrons. The van der Waals surface area contributed by atoms with Gasteiger partial charge in [-0.15, -0.1) is 0 Å². The van der Waals surface area contributed by atoms with Gasteiger partial charge in [-0.2, -0.15) is 0 Å². The maximum Gasteiger partial charge on any atom is 0.345 e. The number of rotatable bonds is 4. The van der Waals surface area contributed by atoms with E-state index in [-0.39, 0.29) is 5.57 Å². The van der Waals surface area contributed by atoms with Gasteiger partial charge < -0.3 is 13.9 Å². The standard InChI is InChI=1S/C17H15ClO5/c1-10-4-6-12(14(18)8-10)15-7-5-11(23-15)9-13(16(19)21-2)17(20)22-3/h4-9H,1-3H3. The van der Waals surface area contributed by atoms with Gasteiger partial charge in [-0.1, -0.05) is 17.7 Å². The predicted molar refractivity (Wildman–Crippen MR) is 85.9 cm³/mol.